The number of benzene rings is 1. The predicted octanol–water partition coefficient (Wildman–Crippen LogP) is 3.22. The zero-order chi connectivity index (χ0) is 18.5. The molecule has 5 rings (SSSR count). The number of para-hydroxylation sites is 1. The van der Waals surface area contributed by atoms with Gasteiger partial charge in [-0.25, -0.2) is 19.0 Å². The van der Waals surface area contributed by atoms with E-state index >= 15 is 0 Å². The molecule has 136 valence electrons. The molecule has 0 radical (unpaired) electrons. The molecule has 1 fully saturated rings. The van der Waals surface area contributed by atoms with Crippen LogP contribution in [0.5, 0.6) is 0 Å². The van der Waals surface area contributed by atoms with Crippen molar-refractivity contribution in [2.45, 2.75) is 31.7 Å². The molecule has 0 unspecified atom stereocenters. The molecule has 4 aromatic rings. The number of hydrogen-bond donors (Lipinski definition) is 1. The van der Waals surface area contributed by atoms with Gasteiger partial charge in [-0.1, -0.05) is 17.3 Å². The van der Waals surface area contributed by atoms with Crippen molar-refractivity contribution < 1.29 is 4.39 Å². The molecule has 1 aliphatic carbocycles. The Morgan fingerprint density at radius 3 is 2.78 bits per heavy atom. The van der Waals surface area contributed by atoms with Crippen molar-refractivity contribution in [2.24, 2.45) is 0 Å². The van der Waals surface area contributed by atoms with Crippen LogP contribution >= 0.6 is 0 Å². The van der Waals surface area contributed by atoms with Crippen molar-refractivity contribution in [3.05, 3.63) is 60.1 Å². The highest BCUT2D eigenvalue weighted by molar-refractivity contribution is 5.90. The van der Waals surface area contributed by atoms with Gasteiger partial charge in [0.05, 0.1) is 17.6 Å². The first-order valence-corrected chi connectivity index (χ1v) is 8.91. The number of aromatic nitrogens is 6. The Bertz CT molecular complexity index is 1140. The minimum atomic E-state index is -0.343. The van der Waals surface area contributed by atoms with Crippen LogP contribution in [0.3, 0.4) is 0 Å². The summed E-state index contributed by atoms with van der Waals surface area (Å²) < 4.78 is 17.5. The Balaban J connectivity index is 1.58. The van der Waals surface area contributed by atoms with Gasteiger partial charge in [-0.3, -0.25) is 0 Å². The summed E-state index contributed by atoms with van der Waals surface area (Å²) in [5.74, 6) is 0.677. The first-order chi connectivity index (χ1) is 13.1. The number of halogens is 1. The lowest BCUT2D eigenvalue weighted by atomic mass is 10.1. The van der Waals surface area contributed by atoms with E-state index in [2.05, 4.69) is 31.0 Å². The third-order valence-electron chi connectivity index (χ3n) is 5.14. The number of nitrogens with two attached hydrogens (primary N) is 1. The maximum absolute atomic E-state index is 14.0. The summed E-state index contributed by atoms with van der Waals surface area (Å²) in [6, 6.07) is 6.36. The van der Waals surface area contributed by atoms with Crippen LogP contribution in [0, 0.1) is 5.82 Å². The summed E-state index contributed by atoms with van der Waals surface area (Å²) in [4.78, 5) is 8.61. The maximum Gasteiger partial charge on any atom is 0.148 e. The molecule has 1 saturated carbocycles. The fraction of sp³-hybridized carbons (Fsp3) is 0.263. The fourth-order valence-electron chi connectivity index (χ4n) is 3.50. The molecule has 0 aliphatic heterocycles. The lowest BCUT2D eigenvalue weighted by molar-refractivity contribution is 0.607. The second kappa shape index (κ2) is 5.87. The second-order valence-corrected chi connectivity index (χ2v) is 6.94. The summed E-state index contributed by atoms with van der Waals surface area (Å²) in [7, 11) is 0. The molecule has 2 N–H and O–H groups in total. The summed E-state index contributed by atoms with van der Waals surface area (Å²) in [5.41, 5.74) is 9.20. The van der Waals surface area contributed by atoms with Crippen LogP contribution in [0.1, 0.15) is 43.0 Å². The van der Waals surface area contributed by atoms with Crippen LogP contribution in [0.2, 0.25) is 0 Å². The number of nitrogen functional groups attached to an aromatic ring is 1. The smallest absolute Gasteiger partial charge is 0.148 e. The molecule has 0 bridgehead atoms. The van der Waals surface area contributed by atoms with E-state index in [1.54, 1.807) is 24.4 Å². The number of rotatable bonds is 4. The van der Waals surface area contributed by atoms with E-state index in [0.29, 0.717) is 17.4 Å². The van der Waals surface area contributed by atoms with Crippen molar-refractivity contribution in [1.29, 1.82) is 0 Å². The van der Waals surface area contributed by atoms with E-state index < -0.39 is 0 Å². The van der Waals surface area contributed by atoms with Gasteiger partial charge in [0, 0.05) is 6.20 Å². The van der Waals surface area contributed by atoms with Gasteiger partial charge in [0.2, 0.25) is 0 Å². The Morgan fingerprint density at radius 1 is 1.19 bits per heavy atom. The van der Waals surface area contributed by atoms with E-state index in [1.165, 1.54) is 22.6 Å². The van der Waals surface area contributed by atoms with Crippen molar-refractivity contribution in [3.8, 4) is 5.69 Å². The number of hydrogen-bond acceptors (Lipinski definition) is 5. The van der Waals surface area contributed by atoms with Crippen LogP contribution in [-0.4, -0.2) is 29.5 Å². The molecule has 3 heterocycles. The zero-order valence-corrected chi connectivity index (χ0v) is 14.7. The predicted molar refractivity (Wildman–Crippen MR) is 99.0 cm³/mol. The highest BCUT2D eigenvalue weighted by Crippen LogP contribution is 2.45. The molecular weight excluding hydrogens is 345 g/mol. The largest absolute Gasteiger partial charge is 0.383 e. The highest BCUT2D eigenvalue weighted by atomic mass is 19.1. The lowest BCUT2D eigenvalue weighted by Crippen LogP contribution is -2.07. The molecule has 0 spiro atoms. The Morgan fingerprint density at radius 2 is 2.00 bits per heavy atom. The molecule has 7 nitrogen and oxygen atoms in total. The monoisotopic (exact) mass is 363 g/mol. The standard InChI is InChI=1S/C19H18FN7/c1-11(15-9-27(25-24-15)16-5-3-2-4-14(16)20)26-8-13(12-6-7-12)17-18(21)22-10-23-19(17)26/h2-5,8-12H,6-7H2,1H3,(H2,21,22,23)/t11-/m0/s1. The Kier molecular flexibility index (Phi) is 3.46. The van der Waals surface area contributed by atoms with E-state index in [9.17, 15) is 4.39 Å². The molecule has 27 heavy (non-hydrogen) atoms. The molecule has 1 aliphatic rings. The first kappa shape index (κ1) is 15.9. The fourth-order valence-corrected chi connectivity index (χ4v) is 3.50. The van der Waals surface area contributed by atoms with E-state index in [4.69, 9.17) is 5.73 Å². The van der Waals surface area contributed by atoms with E-state index in [-0.39, 0.29) is 11.9 Å². The van der Waals surface area contributed by atoms with E-state index in [0.717, 1.165) is 29.6 Å². The summed E-state index contributed by atoms with van der Waals surface area (Å²) in [6.07, 6.45) is 7.64. The average Bonchev–Trinajstić information content (AvgIpc) is 3.26. The Hall–Kier alpha value is -3.29. The van der Waals surface area contributed by atoms with Gasteiger partial charge in [-0.2, -0.15) is 0 Å². The van der Waals surface area contributed by atoms with Crippen molar-refractivity contribution in [1.82, 2.24) is 29.5 Å². The number of anilines is 1. The third kappa shape index (κ3) is 2.56. The molecule has 0 amide bonds. The quantitative estimate of drug-likeness (QED) is 0.601. The summed E-state index contributed by atoms with van der Waals surface area (Å²) >= 11 is 0. The van der Waals surface area contributed by atoms with Gasteiger partial charge in [0.25, 0.3) is 0 Å². The van der Waals surface area contributed by atoms with Crippen LogP contribution in [0.4, 0.5) is 10.2 Å². The molecule has 0 saturated heterocycles. The van der Waals surface area contributed by atoms with Crippen molar-refractivity contribution in [3.63, 3.8) is 0 Å². The third-order valence-corrected chi connectivity index (χ3v) is 5.14. The zero-order valence-electron chi connectivity index (χ0n) is 14.7. The van der Waals surface area contributed by atoms with Crippen molar-refractivity contribution in [2.75, 3.05) is 5.73 Å². The second-order valence-electron chi connectivity index (χ2n) is 6.94. The maximum atomic E-state index is 14.0. The first-order valence-electron chi connectivity index (χ1n) is 8.91. The molecule has 3 aromatic heterocycles. The van der Waals surface area contributed by atoms with Crippen molar-refractivity contribution >= 4 is 16.9 Å². The lowest BCUT2D eigenvalue weighted by Gasteiger charge is -2.11. The summed E-state index contributed by atoms with van der Waals surface area (Å²) in [6.45, 7) is 2.02. The minimum Gasteiger partial charge on any atom is -0.383 e. The van der Waals surface area contributed by atoms with Crippen LogP contribution in [0.15, 0.2) is 43.0 Å². The number of fused-ring (bicyclic) bond motifs is 1. The van der Waals surface area contributed by atoms with Crippen LogP contribution in [-0.2, 0) is 0 Å². The van der Waals surface area contributed by atoms with Gasteiger partial charge in [-0.15, -0.1) is 5.10 Å². The van der Waals surface area contributed by atoms with Gasteiger partial charge >= 0.3 is 0 Å². The van der Waals surface area contributed by atoms with Gasteiger partial charge in [0.1, 0.15) is 35.0 Å². The SMILES string of the molecule is C[C@@H](c1cn(-c2ccccc2F)nn1)n1cc(C2CC2)c2c(N)ncnc21. The topological polar surface area (TPSA) is 87.4 Å². The molecule has 8 heteroatoms. The molecule has 1 aromatic carbocycles. The van der Waals surface area contributed by atoms with Crippen LogP contribution in [0.25, 0.3) is 16.7 Å². The van der Waals surface area contributed by atoms with Gasteiger partial charge in [0.15, 0.2) is 0 Å². The van der Waals surface area contributed by atoms with Gasteiger partial charge in [-0.05, 0) is 43.4 Å². The normalized spacial score (nSPS) is 15.3. The van der Waals surface area contributed by atoms with E-state index in [1.807, 2.05) is 6.92 Å². The highest BCUT2D eigenvalue weighted by Gasteiger charge is 2.30. The Labute approximate surface area is 154 Å². The average molecular weight is 363 g/mol. The number of nitrogens with zero attached hydrogens (tertiary/aromatic N) is 6. The van der Waals surface area contributed by atoms with Gasteiger partial charge < -0.3 is 10.3 Å². The van der Waals surface area contributed by atoms with Crippen LogP contribution < -0.4 is 5.73 Å². The molecular formula is C19H18FN7. The minimum absolute atomic E-state index is 0.130. The molecule has 1 atom stereocenters. The summed E-state index contributed by atoms with van der Waals surface area (Å²) in [5, 5.41) is 9.29.